The fourth-order valence-corrected chi connectivity index (χ4v) is 2.51. The highest BCUT2D eigenvalue weighted by atomic mass is 32.2. The minimum atomic E-state index is -4.64. The summed E-state index contributed by atoms with van der Waals surface area (Å²) in [5.74, 6) is -1.36. The van der Waals surface area contributed by atoms with E-state index in [1.807, 2.05) is 0 Å². The standard InChI is InChI=1S/C14H6F5NS/c15-9-1-4-12(16)13(6-9)21-10-2-3-11(14(17,18)19)8(5-10)7-20/h1-6H. The Morgan fingerprint density at radius 3 is 2.33 bits per heavy atom. The largest absolute Gasteiger partial charge is 0.417 e. The van der Waals surface area contributed by atoms with Crippen molar-refractivity contribution < 1.29 is 22.0 Å². The first-order chi connectivity index (χ1) is 9.81. The van der Waals surface area contributed by atoms with Gasteiger partial charge in [-0.15, -0.1) is 0 Å². The van der Waals surface area contributed by atoms with Crippen molar-refractivity contribution in [1.82, 2.24) is 0 Å². The number of halogens is 5. The lowest BCUT2D eigenvalue weighted by Gasteiger charge is -2.10. The molecule has 0 aliphatic carbocycles. The average Bonchev–Trinajstić information content (AvgIpc) is 2.41. The second-order valence-electron chi connectivity index (χ2n) is 3.99. The van der Waals surface area contributed by atoms with Crippen molar-refractivity contribution >= 4 is 11.8 Å². The van der Waals surface area contributed by atoms with Crippen LogP contribution >= 0.6 is 11.8 Å². The predicted octanol–water partition coefficient (Wildman–Crippen LogP) is 5.01. The maximum absolute atomic E-state index is 13.5. The summed E-state index contributed by atoms with van der Waals surface area (Å²) in [6.45, 7) is 0. The fourth-order valence-electron chi connectivity index (χ4n) is 1.61. The fraction of sp³-hybridized carbons (Fsp3) is 0.0714. The molecule has 108 valence electrons. The Kier molecular flexibility index (Phi) is 4.19. The smallest absolute Gasteiger partial charge is 0.207 e. The van der Waals surface area contributed by atoms with Crippen LogP contribution in [0, 0.1) is 23.0 Å². The number of rotatable bonds is 2. The molecule has 0 fully saturated rings. The summed E-state index contributed by atoms with van der Waals surface area (Å²) in [5, 5.41) is 8.78. The van der Waals surface area contributed by atoms with Gasteiger partial charge >= 0.3 is 6.18 Å². The summed E-state index contributed by atoms with van der Waals surface area (Å²) in [7, 11) is 0. The molecule has 1 nitrogen and oxygen atoms in total. The van der Waals surface area contributed by atoms with Gasteiger partial charge in [0.2, 0.25) is 0 Å². The van der Waals surface area contributed by atoms with Gasteiger partial charge in [-0.05, 0) is 36.4 Å². The van der Waals surface area contributed by atoms with Crippen LogP contribution in [0.15, 0.2) is 46.2 Å². The lowest BCUT2D eigenvalue weighted by Crippen LogP contribution is -2.07. The third kappa shape index (κ3) is 3.52. The van der Waals surface area contributed by atoms with Crippen LogP contribution < -0.4 is 0 Å². The molecule has 2 aromatic carbocycles. The number of hydrogen-bond acceptors (Lipinski definition) is 2. The van der Waals surface area contributed by atoms with E-state index >= 15 is 0 Å². The molecule has 0 N–H and O–H groups in total. The Balaban J connectivity index is 2.39. The van der Waals surface area contributed by atoms with Crippen LogP contribution in [0.4, 0.5) is 22.0 Å². The number of nitriles is 1. The monoisotopic (exact) mass is 315 g/mol. The van der Waals surface area contributed by atoms with E-state index in [0.717, 1.165) is 48.2 Å². The van der Waals surface area contributed by atoms with Crippen molar-refractivity contribution in [3.63, 3.8) is 0 Å². The first-order valence-electron chi connectivity index (χ1n) is 5.55. The van der Waals surface area contributed by atoms with Crippen molar-refractivity contribution in [3.05, 3.63) is 59.2 Å². The minimum Gasteiger partial charge on any atom is -0.207 e. The number of hydrogen-bond donors (Lipinski definition) is 0. The van der Waals surface area contributed by atoms with Gasteiger partial charge in [0.1, 0.15) is 11.6 Å². The molecule has 0 saturated carbocycles. The molecule has 0 bridgehead atoms. The van der Waals surface area contributed by atoms with Crippen molar-refractivity contribution in [2.45, 2.75) is 16.0 Å². The summed E-state index contributed by atoms with van der Waals surface area (Å²) in [4.78, 5) is 0.141. The van der Waals surface area contributed by atoms with Crippen LogP contribution in [-0.4, -0.2) is 0 Å². The Morgan fingerprint density at radius 2 is 1.71 bits per heavy atom. The van der Waals surface area contributed by atoms with Crippen molar-refractivity contribution in [2.24, 2.45) is 0 Å². The van der Waals surface area contributed by atoms with Crippen LogP contribution in [0.3, 0.4) is 0 Å². The average molecular weight is 315 g/mol. The zero-order valence-electron chi connectivity index (χ0n) is 10.2. The van der Waals surface area contributed by atoms with Crippen LogP contribution in [0.2, 0.25) is 0 Å². The van der Waals surface area contributed by atoms with Gasteiger partial charge in [-0.1, -0.05) is 11.8 Å². The summed E-state index contributed by atoms with van der Waals surface area (Å²) >= 11 is 0.744. The van der Waals surface area contributed by atoms with Gasteiger partial charge < -0.3 is 0 Å². The third-order valence-corrected chi connectivity index (χ3v) is 3.56. The Hall–Kier alpha value is -2.07. The van der Waals surface area contributed by atoms with Gasteiger partial charge in [0.25, 0.3) is 0 Å². The lowest BCUT2D eigenvalue weighted by molar-refractivity contribution is -0.137. The summed E-state index contributed by atoms with van der Waals surface area (Å²) in [5.41, 5.74) is -1.63. The van der Waals surface area contributed by atoms with Gasteiger partial charge in [0, 0.05) is 4.90 Å². The second kappa shape index (κ2) is 5.74. The zero-order chi connectivity index (χ0) is 15.6. The summed E-state index contributed by atoms with van der Waals surface area (Å²) < 4.78 is 64.4. The molecule has 0 unspecified atom stereocenters. The van der Waals surface area contributed by atoms with E-state index in [0.29, 0.717) is 0 Å². The third-order valence-electron chi connectivity index (χ3n) is 2.54. The molecular formula is C14H6F5NS. The Morgan fingerprint density at radius 1 is 1.00 bits per heavy atom. The van der Waals surface area contributed by atoms with Gasteiger partial charge in [0.15, 0.2) is 0 Å². The Labute approximate surface area is 121 Å². The van der Waals surface area contributed by atoms with E-state index in [-0.39, 0.29) is 9.79 Å². The number of benzene rings is 2. The van der Waals surface area contributed by atoms with E-state index in [9.17, 15) is 22.0 Å². The van der Waals surface area contributed by atoms with Gasteiger partial charge in [-0.25, -0.2) is 8.78 Å². The molecule has 2 aromatic rings. The maximum atomic E-state index is 13.5. The molecular weight excluding hydrogens is 309 g/mol. The van der Waals surface area contributed by atoms with E-state index < -0.39 is 28.9 Å². The molecule has 0 saturated heterocycles. The first-order valence-corrected chi connectivity index (χ1v) is 6.37. The van der Waals surface area contributed by atoms with Crippen LogP contribution in [0.25, 0.3) is 0 Å². The second-order valence-corrected chi connectivity index (χ2v) is 5.11. The highest BCUT2D eigenvalue weighted by Gasteiger charge is 2.33. The number of alkyl halides is 3. The maximum Gasteiger partial charge on any atom is 0.417 e. The van der Waals surface area contributed by atoms with E-state index in [1.54, 1.807) is 0 Å². The predicted molar refractivity (Wildman–Crippen MR) is 66.6 cm³/mol. The van der Waals surface area contributed by atoms with Crippen molar-refractivity contribution in [3.8, 4) is 6.07 Å². The molecule has 0 aliphatic heterocycles. The highest BCUT2D eigenvalue weighted by molar-refractivity contribution is 7.99. The van der Waals surface area contributed by atoms with E-state index in [1.165, 1.54) is 6.07 Å². The Bertz CT molecular complexity index is 718. The molecule has 7 heteroatoms. The molecule has 0 heterocycles. The molecule has 0 spiro atoms. The molecule has 2 rings (SSSR count). The zero-order valence-corrected chi connectivity index (χ0v) is 11.0. The van der Waals surface area contributed by atoms with E-state index in [2.05, 4.69) is 0 Å². The highest BCUT2D eigenvalue weighted by Crippen LogP contribution is 2.36. The number of nitrogens with zero attached hydrogens (tertiary/aromatic N) is 1. The summed E-state index contributed by atoms with van der Waals surface area (Å²) in [6, 6.07) is 7.10. The molecule has 21 heavy (non-hydrogen) atoms. The van der Waals surface area contributed by atoms with Crippen molar-refractivity contribution in [2.75, 3.05) is 0 Å². The van der Waals surface area contributed by atoms with Crippen LogP contribution in [0.1, 0.15) is 11.1 Å². The normalized spacial score (nSPS) is 11.2. The quantitative estimate of drug-likeness (QED) is 0.728. The molecule has 0 aromatic heterocycles. The molecule has 0 radical (unpaired) electrons. The first kappa shape index (κ1) is 15.3. The molecule has 0 amide bonds. The van der Waals surface area contributed by atoms with Crippen LogP contribution in [0.5, 0.6) is 0 Å². The van der Waals surface area contributed by atoms with E-state index in [4.69, 9.17) is 5.26 Å². The van der Waals surface area contributed by atoms with Crippen LogP contribution in [-0.2, 0) is 6.18 Å². The lowest BCUT2D eigenvalue weighted by atomic mass is 10.1. The van der Waals surface area contributed by atoms with Gasteiger partial charge in [-0.2, -0.15) is 18.4 Å². The van der Waals surface area contributed by atoms with Crippen molar-refractivity contribution in [1.29, 1.82) is 5.26 Å². The topological polar surface area (TPSA) is 23.8 Å². The minimum absolute atomic E-state index is 0.0707. The molecule has 0 atom stereocenters. The van der Waals surface area contributed by atoms with Gasteiger partial charge in [-0.3, -0.25) is 0 Å². The van der Waals surface area contributed by atoms with Gasteiger partial charge in [0.05, 0.1) is 22.1 Å². The molecule has 0 aliphatic rings. The SMILES string of the molecule is N#Cc1cc(Sc2cc(F)ccc2F)ccc1C(F)(F)F. The summed E-state index contributed by atoms with van der Waals surface area (Å²) in [6.07, 6.45) is -4.64.